The van der Waals surface area contributed by atoms with Gasteiger partial charge in [-0.05, 0) is 51.0 Å². The van der Waals surface area contributed by atoms with Crippen molar-refractivity contribution in [1.29, 1.82) is 0 Å². The lowest BCUT2D eigenvalue weighted by Crippen LogP contribution is -2.52. The molecule has 2 aliphatic rings. The summed E-state index contributed by atoms with van der Waals surface area (Å²) in [5, 5.41) is 6.49. The van der Waals surface area contributed by atoms with Gasteiger partial charge in [0, 0.05) is 6.54 Å². The zero-order valence-electron chi connectivity index (χ0n) is 11.9. The molecule has 1 aliphatic heterocycles. The van der Waals surface area contributed by atoms with E-state index in [2.05, 4.69) is 17.6 Å². The maximum Gasteiger partial charge on any atom is 0.240 e. The molecule has 1 amide bonds. The van der Waals surface area contributed by atoms with E-state index < -0.39 is 0 Å². The van der Waals surface area contributed by atoms with Crippen molar-refractivity contribution in [1.82, 2.24) is 10.6 Å². The minimum atomic E-state index is -0.305. The number of carbonyl (C=O) groups is 1. The van der Waals surface area contributed by atoms with Gasteiger partial charge >= 0.3 is 0 Å². The summed E-state index contributed by atoms with van der Waals surface area (Å²) >= 11 is 0. The third kappa shape index (κ3) is 3.25. The maximum atomic E-state index is 12.2. The van der Waals surface area contributed by atoms with Crippen molar-refractivity contribution in [2.75, 3.05) is 13.1 Å². The van der Waals surface area contributed by atoms with Crippen LogP contribution in [0, 0.1) is 11.8 Å². The molecule has 1 heterocycles. The molecule has 104 valence electrons. The standard InChI is InChI=1S/C15H28N2O/c1-3-12-5-7-13(8-6-12)11-16-14(18)15(2)9-4-10-17-15/h12-13,17H,3-11H2,1-2H3,(H,16,18). The van der Waals surface area contributed by atoms with Gasteiger partial charge in [0.25, 0.3) is 0 Å². The number of amides is 1. The molecule has 0 aromatic carbocycles. The average Bonchev–Trinajstić information content (AvgIpc) is 2.85. The van der Waals surface area contributed by atoms with Gasteiger partial charge in [0.15, 0.2) is 0 Å². The van der Waals surface area contributed by atoms with Crippen LogP contribution in [0.3, 0.4) is 0 Å². The fourth-order valence-electron chi connectivity index (χ4n) is 3.36. The summed E-state index contributed by atoms with van der Waals surface area (Å²) in [5.41, 5.74) is -0.305. The van der Waals surface area contributed by atoms with E-state index in [1.165, 1.54) is 32.1 Å². The molecule has 1 saturated heterocycles. The van der Waals surface area contributed by atoms with E-state index in [4.69, 9.17) is 0 Å². The highest BCUT2D eigenvalue weighted by Crippen LogP contribution is 2.30. The van der Waals surface area contributed by atoms with Crippen LogP contribution in [0.15, 0.2) is 0 Å². The molecule has 3 heteroatoms. The van der Waals surface area contributed by atoms with E-state index in [1.807, 2.05) is 6.92 Å². The van der Waals surface area contributed by atoms with Crippen LogP contribution >= 0.6 is 0 Å². The molecule has 1 atom stereocenters. The topological polar surface area (TPSA) is 41.1 Å². The molecule has 1 saturated carbocycles. The third-order valence-corrected chi connectivity index (χ3v) is 4.96. The first-order valence-electron chi connectivity index (χ1n) is 7.67. The Bertz CT molecular complexity index is 276. The zero-order valence-corrected chi connectivity index (χ0v) is 11.9. The van der Waals surface area contributed by atoms with Crippen molar-refractivity contribution in [3.63, 3.8) is 0 Å². The summed E-state index contributed by atoms with van der Waals surface area (Å²) in [4.78, 5) is 12.2. The lowest BCUT2D eigenvalue weighted by molar-refractivity contribution is -0.126. The van der Waals surface area contributed by atoms with Crippen LogP contribution in [-0.2, 0) is 4.79 Å². The summed E-state index contributed by atoms with van der Waals surface area (Å²) in [5.74, 6) is 1.85. The Morgan fingerprint density at radius 2 is 1.94 bits per heavy atom. The van der Waals surface area contributed by atoms with E-state index in [-0.39, 0.29) is 11.4 Å². The minimum Gasteiger partial charge on any atom is -0.354 e. The van der Waals surface area contributed by atoms with Gasteiger partial charge in [0.2, 0.25) is 5.91 Å². The van der Waals surface area contributed by atoms with Crippen LogP contribution in [0.1, 0.15) is 58.8 Å². The number of carbonyl (C=O) groups excluding carboxylic acids is 1. The third-order valence-electron chi connectivity index (χ3n) is 4.96. The van der Waals surface area contributed by atoms with Crippen molar-refractivity contribution in [3.05, 3.63) is 0 Å². The highest BCUT2D eigenvalue weighted by molar-refractivity contribution is 5.86. The zero-order chi connectivity index (χ0) is 13.0. The van der Waals surface area contributed by atoms with Crippen molar-refractivity contribution in [3.8, 4) is 0 Å². The largest absolute Gasteiger partial charge is 0.354 e. The first-order valence-corrected chi connectivity index (χ1v) is 7.67. The summed E-state index contributed by atoms with van der Waals surface area (Å²) in [6.45, 7) is 6.18. The first kappa shape index (κ1) is 13.9. The number of nitrogens with one attached hydrogen (secondary N) is 2. The van der Waals surface area contributed by atoms with Gasteiger partial charge < -0.3 is 10.6 Å². The van der Waals surface area contributed by atoms with Gasteiger partial charge in [-0.15, -0.1) is 0 Å². The number of rotatable bonds is 4. The molecule has 1 unspecified atom stereocenters. The summed E-state index contributed by atoms with van der Waals surface area (Å²) < 4.78 is 0. The lowest BCUT2D eigenvalue weighted by Gasteiger charge is -2.29. The molecule has 18 heavy (non-hydrogen) atoms. The van der Waals surface area contributed by atoms with Crippen LogP contribution in [-0.4, -0.2) is 24.5 Å². The highest BCUT2D eigenvalue weighted by Gasteiger charge is 2.35. The summed E-state index contributed by atoms with van der Waals surface area (Å²) in [6, 6.07) is 0. The van der Waals surface area contributed by atoms with Gasteiger partial charge in [-0.25, -0.2) is 0 Å². The molecule has 2 fully saturated rings. The second-order valence-corrected chi connectivity index (χ2v) is 6.37. The van der Waals surface area contributed by atoms with Gasteiger partial charge in [0.1, 0.15) is 0 Å². The Morgan fingerprint density at radius 1 is 1.28 bits per heavy atom. The highest BCUT2D eigenvalue weighted by atomic mass is 16.2. The number of hydrogen-bond donors (Lipinski definition) is 2. The molecule has 0 spiro atoms. The van der Waals surface area contributed by atoms with Crippen LogP contribution in [0.2, 0.25) is 0 Å². The molecular weight excluding hydrogens is 224 g/mol. The van der Waals surface area contributed by atoms with E-state index >= 15 is 0 Å². The second-order valence-electron chi connectivity index (χ2n) is 6.37. The van der Waals surface area contributed by atoms with Crippen LogP contribution in [0.25, 0.3) is 0 Å². The predicted molar refractivity (Wildman–Crippen MR) is 74.4 cm³/mol. The smallest absolute Gasteiger partial charge is 0.240 e. The fraction of sp³-hybridized carbons (Fsp3) is 0.933. The molecule has 3 nitrogen and oxygen atoms in total. The van der Waals surface area contributed by atoms with Crippen molar-refractivity contribution >= 4 is 5.91 Å². The fourth-order valence-corrected chi connectivity index (χ4v) is 3.36. The second kappa shape index (κ2) is 6.05. The Balaban J connectivity index is 1.70. The van der Waals surface area contributed by atoms with Crippen LogP contribution < -0.4 is 10.6 Å². The van der Waals surface area contributed by atoms with E-state index in [9.17, 15) is 4.79 Å². The quantitative estimate of drug-likeness (QED) is 0.807. The first-order chi connectivity index (χ1) is 8.64. The van der Waals surface area contributed by atoms with Gasteiger partial charge in [-0.3, -0.25) is 4.79 Å². The van der Waals surface area contributed by atoms with E-state index in [1.54, 1.807) is 0 Å². The summed E-state index contributed by atoms with van der Waals surface area (Å²) in [6.07, 6.45) is 8.71. The minimum absolute atomic E-state index is 0.206. The van der Waals surface area contributed by atoms with Crippen LogP contribution in [0.4, 0.5) is 0 Å². The SMILES string of the molecule is CCC1CCC(CNC(=O)C2(C)CCCN2)CC1. The molecule has 0 bridgehead atoms. The Kier molecular flexibility index (Phi) is 4.66. The predicted octanol–water partition coefficient (Wildman–Crippen LogP) is 2.46. The Hall–Kier alpha value is -0.570. The maximum absolute atomic E-state index is 12.2. The molecule has 1 aliphatic carbocycles. The molecular formula is C15H28N2O. The summed E-state index contributed by atoms with van der Waals surface area (Å²) in [7, 11) is 0. The van der Waals surface area contributed by atoms with Crippen molar-refractivity contribution < 1.29 is 4.79 Å². The van der Waals surface area contributed by atoms with Crippen molar-refractivity contribution in [2.24, 2.45) is 11.8 Å². The molecule has 0 aromatic rings. The van der Waals surface area contributed by atoms with Crippen molar-refractivity contribution in [2.45, 2.75) is 64.3 Å². The van der Waals surface area contributed by atoms with E-state index in [0.717, 1.165) is 31.8 Å². The average molecular weight is 252 g/mol. The van der Waals surface area contributed by atoms with E-state index in [0.29, 0.717) is 5.92 Å². The molecule has 2 N–H and O–H groups in total. The van der Waals surface area contributed by atoms with Crippen LogP contribution in [0.5, 0.6) is 0 Å². The Morgan fingerprint density at radius 3 is 2.50 bits per heavy atom. The van der Waals surface area contributed by atoms with Gasteiger partial charge in [-0.1, -0.05) is 26.2 Å². The molecule has 2 rings (SSSR count). The van der Waals surface area contributed by atoms with Gasteiger partial charge in [0.05, 0.1) is 5.54 Å². The molecule has 0 aromatic heterocycles. The monoisotopic (exact) mass is 252 g/mol. The van der Waals surface area contributed by atoms with Gasteiger partial charge in [-0.2, -0.15) is 0 Å². The molecule has 0 radical (unpaired) electrons. The number of hydrogen-bond acceptors (Lipinski definition) is 2. The normalized spacial score (nSPS) is 36.6. The lowest BCUT2D eigenvalue weighted by atomic mass is 9.81. The Labute approximate surface area is 111 Å².